The van der Waals surface area contributed by atoms with Crippen LogP contribution in [0, 0.1) is 23.7 Å². The lowest BCUT2D eigenvalue weighted by molar-refractivity contribution is -0.0555. The van der Waals surface area contributed by atoms with Crippen LogP contribution in [-0.2, 0) is 18.9 Å². The molecule has 0 aromatic rings. The highest BCUT2D eigenvalue weighted by atomic mass is 16.5. The molecule has 4 heteroatoms. The monoisotopic (exact) mass is 330 g/mol. The fraction of sp³-hybridized carbons (Fsp3) is 0.500. The molecule has 130 valence electrons. The van der Waals surface area contributed by atoms with Crippen LogP contribution in [0.3, 0.4) is 0 Å². The molecule has 4 nitrogen and oxygen atoms in total. The molecule has 0 heterocycles. The fourth-order valence-corrected chi connectivity index (χ4v) is 2.00. The zero-order chi connectivity index (χ0) is 17.3. The maximum Gasteiger partial charge on any atom is 0.108 e. The van der Waals surface area contributed by atoms with E-state index in [1.54, 1.807) is 12.2 Å². The Kier molecular flexibility index (Phi) is 12.4. The zero-order valence-corrected chi connectivity index (χ0v) is 14.2. The van der Waals surface area contributed by atoms with E-state index in [1.165, 1.54) is 0 Å². The van der Waals surface area contributed by atoms with Crippen molar-refractivity contribution in [2.75, 3.05) is 39.6 Å². The Hall–Kier alpha value is -1.82. The Labute approximate surface area is 145 Å². The molecule has 1 rings (SSSR count). The first-order valence-corrected chi connectivity index (χ1v) is 8.05. The molecule has 24 heavy (non-hydrogen) atoms. The van der Waals surface area contributed by atoms with Crippen molar-refractivity contribution in [3.8, 4) is 23.7 Å². The highest BCUT2D eigenvalue weighted by molar-refractivity contribution is 5.03. The summed E-state index contributed by atoms with van der Waals surface area (Å²) in [6, 6.07) is 0. The first kappa shape index (κ1) is 20.2. The second-order valence-electron chi connectivity index (χ2n) is 4.96. The Balaban J connectivity index is 2.23. The zero-order valence-electron chi connectivity index (χ0n) is 14.2. The van der Waals surface area contributed by atoms with E-state index in [9.17, 15) is 0 Å². The standard InChI is InChI=1S/C20H26O4/c1-3-13-21-15-7-9-17-23-19-11-5-6-12-20(19)24-18-10-8-16-22-14-4-2/h3-6,19-20H,1-2,11-18H2/t19-,20+. The van der Waals surface area contributed by atoms with Crippen LogP contribution >= 0.6 is 0 Å². The average Bonchev–Trinajstić information content (AvgIpc) is 2.61. The van der Waals surface area contributed by atoms with Gasteiger partial charge in [-0.15, -0.1) is 13.2 Å². The number of rotatable bonds is 10. The van der Waals surface area contributed by atoms with Gasteiger partial charge in [0.25, 0.3) is 0 Å². The molecule has 0 spiro atoms. The summed E-state index contributed by atoms with van der Waals surface area (Å²) >= 11 is 0. The first-order valence-electron chi connectivity index (χ1n) is 8.05. The smallest absolute Gasteiger partial charge is 0.108 e. The Bertz CT molecular complexity index is 455. The summed E-state index contributed by atoms with van der Waals surface area (Å²) in [4.78, 5) is 0. The summed E-state index contributed by atoms with van der Waals surface area (Å²) in [6.45, 7) is 9.70. The summed E-state index contributed by atoms with van der Waals surface area (Å²) in [5, 5.41) is 0. The summed E-state index contributed by atoms with van der Waals surface area (Å²) in [5.41, 5.74) is 0. The van der Waals surface area contributed by atoms with Crippen LogP contribution in [0.15, 0.2) is 37.5 Å². The Morgan fingerprint density at radius 2 is 1.17 bits per heavy atom. The molecular formula is C20H26O4. The van der Waals surface area contributed by atoms with Crippen LogP contribution in [-0.4, -0.2) is 51.8 Å². The van der Waals surface area contributed by atoms with Crippen molar-refractivity contribution in [2.24, 2.45) is 0 Å². The van der Waals surface area contributed by atoms with E-state index in [-0.39, 0.29) is 12.2 Å². The lowest BCUT2D eigenvalue weighted by Gasteiger charge is -2.27. The molecule has 0 radical (unpaired) electrons. The lowest BCUT2D eigenvalue weighted by Crippen LogP contribution is -2.33. The molecule has 1 aliphatic carbocycles. The van der Waals surface area contributed by atoms with Crippen molar-refractivity contribution in [2.45, 2.75) is 25.0 Å². The quantitative estimate of drug-likeness (QED) is 0.350. The molecule has 0 aromatic carbocycles. The van der Waals surface area contributed by atoms with Gasteiger partial charge in [-0.3, -0.25) is 0 Å². The van der Waals surface area contributed by atoms with E-state index in [2.05, 4.69) is 49.0 Å². The molecule has 0 fully saturated rings. The minimum absolute atomic E-state index is 0.0113. The van der Waals surface area contributed by atoms with Gasteiger partial charge in [-0.1, -0.05) is 48.0 Å². The van der Waals surface area contributed by atoms with Crippen molar-refractivity contribution in [3.05, 3.63) is 37.5 Å². The van der Waals surface area contributed by atoms with E-state index in [0.717, 1.165) is 12.8 Å². The topological polar surface area (TPSA) is 36.9 Å². The molecule has 0 aromatic heterocycles. The maximum absolute atomic E-state index is 5.80. The summed E-state index contributed by atoms with van der Waals surface area (Å²) < 4.78 is 22.0. The van der Waals surface area contributed by atoms with Crippen LogP contribution < -0.4 is 0 Å². The highest BCUT2D eigenvalue weighted by Gasteiger charge is 2.23. The fourth-order valence-electron chi connectivity index (χ4n) is 2.00. The van der Waals surface area contributed by atoms with E-state index >= 15 is 0 Å². The molecular weight excluding hydrogens is 304 g/mol. The van der Waals surface area contributed by atoms with Crippen LogP contribution in [0.5, 0.6) is 0 Å². The minimum atomic E-state index is 0.0113. The molecule has 1 aliphatic rings. The van der Waals surface area contributed by atoms with Crippen LogP contribution in [0.2, 0.25) is 0 Å². The second-order valence-corrected chi connectivity index (χ2v) is 4.96. The number of hydrogen-bond acceptors (Lipinski definition) is 4. The van der Waals surface area contributed by atoms with Crippen molar-refractivity contribution >= 4 is 0 Å². The van der Waals surface area contributed by atoms with Crippen molar-refractivity contribution in [1.82, 2.24) is 0 Å². The van der Waals surface area contributed by atoms with Crippen molar-refractivity contribution in [3.63, 3.8) is 0 Å². The summed E-state index contributed by atoms with van der Waals surface area (Å²) in [5.74, 6) is 11.7. The molecule has 0 N–H and O–H groups in total. The Morgan fingerprint density at radius 3 is 1.58 bits per heavy atom. The van der Waals surface area contributed by atoms with Gasteiger partial charge in [0.2, 0.25) is 0 Å². The molecule has 0 saturated heterocycles. The minimum Gasteiger partial charge on any atom is -0.365 e. The van der Waals surface area contributed by atoms with Gasteiger partial charge in [-0.25, -0.2) is 0 Å². The first-order chi connectivity index (χ1) is 11.9. The van der Waals surface area contributed by atoms with Gasteiger partial charge in [0, 0.05) is 0 Å². The third kappa shape index (κ3) is 10.0. The SMILES string of the molecule is C=CCOCC#CCO[C@H]1CC=CC[C@H]1OCC#CCOCC=C. The third-order valence-corrected chi connectivity index (χ3v) is 3.13. The van der Waals surface area contributed by atoms with Crippen LogP contribution in [0.25, 0.3) is 0 Å². The van der Waals surface area contributed by atoms with Gasteiger partial charge in [0.05, 0.1) is 25.4 Å². The van der Waals surface area contributed by atoms with Crippen molar-refractivity contribution < 1.29 is 18.9 Å². The number of ether oxygens (including phenoxy) is 4. The molecule has 0 aliphatic heterocycles. The predicted molar refractivity (Wildman–Crippen MR) is 95.4 cm³/mol. The molecule has 0 amide bonds. The van der Waals surface area contributed by atoms with Gasteiger partial charge in [0.1, 0.15) is 26.4 Å². The maximum atomic E-state index is 5.80. The highest BCUT2D eigenvalue weighted by Crippen LogP contribution is 2.18. The second kappa shape index (κ2) is 14.8. The molecule has 0 bridgehead atoms. The van der Waals surface area contributed by atoms with Crippen molar-refractivity contribution in [1.29, 1.82) is 0 Å². The summed E-state index contributed by atoms with van der Waals surface area (Å²) in [6.07, 6.45) is 9.30. The van der Waals surface area contributed by atoms with E-state index in [4.69, 9.17) is 18.9 Å². The van der Waals surface area contributed by atoms with Crippen LogP contribution in [0.1, 0.15) is 12.8 Å². The largest absolute Gasteiger partial charge is 0.365 e. The predicted octanol–water partition coefficient (Wildman–Crippen LogP) is 2.52. The van der Waals surface area contributed by atoms with Gasteiger partial charge in [0.15, 0.2) is 0 Å². The molecule has 2 atom stereocenters. The molecule has 0 saturated carbocycles. The average molecular weight is 330 g/mol. The van der Waals surface area contributed by atoms with E-state index < -0.39 is 0 Å². The van der Waals surface area contributed by atoms with Crippen LogP contribution in [0.4, 0.5) is 0 Å². The summed E-state index contributed by atoms with van der Waals surface area (Å²) in [7, 11) is 0. The van der Waals surface area contributed by atoms with Gasteiger partial charge >= 0.3 is 0 Å². The third-order valence-electron chi connectivity index (χ3n) is 3.13. The van der Waals surface area contributed by atoms with Gasteiger partial charge in [-0.2, -0.15) is 0 Å². The Morgan fingerprint density at radius 1 is 0.750 bits per heavy atom. The number of hydrogen-bond donors (Lipinski definition) is 0. The normalized spacial score (nSPS) is 18.8. The van der Waals surface area contributed by atoms with Gasteiger partial charge in [-0.05, 0) is 12.8 Å². The van der Waals surface area contributed by atoms with E-state index in [1.807, 2.05) is 0 Å². The van der Waals surface area contributed by atoms with Gasteiger partial charge < -0.3 is 18.9 Å². The lowest BCUT2D eigenvalue weighted by atomic mass is 10.0. The molecule has 0 unspecified atom stereocenters. The van der Waals surface area contributed by atoms with E-state index in [0.29, 0.717) is 39.6 Å².